The number of carbonyl (C=O) groups excluding carboxylic acids is 1. The maximum absolute atomic E-state index is 12.7. The summed E-state index contributed by atoms with van der Waals surface area (Å²) in [4.78, 5) is 12.7. The molecule has 1 heterocycles. The number of hydrogen-bond acceptors (Lipinski definition) is 4. The maximum Gasteiger partial charge on any atom is 0.223 e. The highest BCUT2D eigenvalue weighted by atomic mass is 32.2. The first-order chi connectivity index (χ1) is 11.7. The zero-order valence-corrected chi connectivity index (χ0v) is 15.8. The maximum atomic E-state index is 12.7. The number of nitrogens with one attached hydrogen (secondary N) is 1. The van der Waals surface area contributed by atoms with Crippen molar-refractivity contribution in [2.24, 2.45) is 17.8 Å². The van der Waals surface area contributed by atoms with Gasteiger partial charge in [0.1, 0.15) is 5.75 Å². The Morgan fingerprint density at radius 3 is 2.38 bits per heavy atom. The van der Waals surface area contributed by atoms with E-state index in [1.165, 1.54) is 24.3 Å². The molecule has 4 rings (SSSR count). The van der Waals surface area contributed by atoms with E-state index in [-0.39, 0.29) is 11.8 Å². The number of carbonyl (C=O) groups is 1. The molecular formula is C19H25NO2S2. The van der Waals surface area contributed by atoms with Crippen LogP contribution in [0, 0.1) is 17.8 Å². The summed E-state index contributed by atoms with van der Waals surface area (Å²) in [6.45, 7) is 0.614. The van der Waals surface area contributed by atoms with E-state index in [0.29, 0.717) is 10.6 Å². The van der Waals surface area contributed by atoms with Crippen molar-refractivity contribution in [2.45, 2.75) is 36.3 Å². The normalized spacial score (nSPS) is 30.5. The Morgan fingerprint density at radius 1 is 1.17 bits per heavy atom. The summed E-state index contributed by atoms with van der Waals surface area (Å²) in [5, 5.41) is 3.16. The van der Waals surface area contributed by atoms with Crippen LogP contribution in [0.15, 0.2) is 24.3 Å². The average Bonchev–Trinajstić information content (AvgIpc) is 3.15. The van der Waals surface area contributed by atoms with Gasteiger partial charge < -0.3 is 10.1 Å². The Kier molecular flexibility index (Phi) is 4.74. The molecule has 1 N–H and O–H groups in total. The topological polar surface area (TPSA) is 38.3 Å². The molecule has 1 unspecified atom stereocenters. The first-order valence-electron chi connectivity index (χ1n) is 8.90. The van der Waals surface area contributed by atoms with Crippen LogP contribution >= 0.6 is 23.5 Å². The molecule has 1 spiro atoms. The molecule has 1 amide bonds. The molecule has 1 aromatic carbocycles. The summed E-state index contributed by atoms with van der Waals surface area (Å²) in [6.07, 6.45) is 4.83. The van der Waals surface area contributed by atoms with E-state index in [9.17, 15) is 4.79 Å². The minimum absolute atomic E-state index is 0.216. The number of rotatable bonds is 4. The lowest BCUT2D eigenvalue weighted by atomic mass is 9.79. The van der Waals surface area contributed by atoms with Crippen LogP contribution in [0.4, 0.5) is 0 Å². The molecule has 1 saturated heterocycles. The van der Waals surface area contributed by atoms with Gasteiger partial charge in [0.15, 0.2) is 0 Å². The van der Waals surface area contributed by atoms with E-state index in [0.717, 1.165) is 36.0 Å². The van der Waals surface area contributed by atoms with Crippen molar-refractivity contribution < 1.29 is 9.53 Å². The van der Waals surface area contributed by atoms with Gasteiger partial charge in [-0.05, 0) is 55.2 Å². The number of amides is 1. The van der Waals surface area contributed by atoms with Gasteiger partial charge in [-0.1, -0.05) is 12.1 Å². The molecule has 0 radical (unpaired) electrons. The standard InChI is InChI=1S/C19H25NO2S2/c1-22-17-6-2-13(3-7-17)12-20-18(21)14-10-15-4-5-16(11-14)19(15)23-8-9-24-19/h2-3,6-7,14-16H,4-5,8-12H2,1H3,(H,20,21)/t14?,15-,16+. The smallest absolute Gasteiger partial charge is 0.223 e. The van der Waals surface area contributed by atoms with E-state index < -0.39 is 0 Å². The molecule has 3 fully saturated rings. The lowest BCUT2D eigenvalue weighted by Crippen LogP contribution is -2.42. The molecule has 2 aliphatic carbocycles. The van der Waals surface area contributed by atoms with Crippen molar-refractivity contribution in [3.63, 3.8) is 0 Å². The van der Waals surface area contributed by atoms with Crippen molar-refractivity contribution >= 4 is 29.4 Å². The van der Waals surface area contributed by atoms with Crippen LogP contribution < -0.4 is 10.1 Å². The highest BCUT2D eigenvalue weighted by Crippen LogP contribution is 2.65. The van der Waals surface area contributed by atoms with Crippen LogP contribution in [-0.2, 0) is 11.3 Å². The summed E-state index contributed by atoms with van der Waals surface area (Å²) in [7, 11) is 1.67. The molecule has 2 saturated carbocycles. The van der Waals surface area contributed by atoms with Crippen LogP contribution in [0.25, 0.3) is 0 Å². The van der Waals surface area contributed by atoms with Gasteiger partial charge in [0.25, 0.3) is 0 Å². The first-order valence-corrected chi connectivity index (χ1v) is 10.9. The number of thioether (sulfide) groups is 2. The summed E-state index contributed by atoms with van der Waals surface area (Å²) in [5.41, 5.74) is 1.13. The molecular weight excluding hydrogens is 338 g/mol. The molecule has 0 aromatic heterocycles. The predicted molar refractivity (Wildman–Crippen MR) is 101 cm³/mol. The van der Waals surface area contributed by atoms with Gasteiger partial charge in [0.05, 0.1) is 11.2 Å². The highest BCUT2D eigenvalue weighted by molar-refractivity contribution is 8.21. The minimum Gasteiger partial charge on any atom is -0.497 e. The van der Waals surface area contributed by atoms with Crippen LogP contribution in [0.3, 0.4) is 0 Å². The Balaban J connectivity index is 1.34. The third-order valence-corrected chi connectivity index (χ3v) is 9.89. The van der Waals surface area contributed by atoms with Crippen molar-refractivity contribution in [3.8, 4) is 5.75 Å². The Bertz CT molecular complexity index is 582. The number of methoxy groups -OCH3 is 1. The predicted octanol–water partition coefficient (Wildman–Crippen LogP) is 3.92. The summed E-state index contributed by atoms with van der Waals surface area (Å²) >= 11 is 4.38. The zero-order chi connectivity index (χ0) is 16.6. The second kappa shape index (κ2) is 6.83. The van der Waals surface area contributed by atoms with Crippen molar-refractivity contribution in [3.05, 3.63) is 29.8 Å². The fourth-order valence-electron chi connectivity index (χ4n) is 4.69. The average molecular weight is 364 g/mol. The third kappa shape index (κ3) is 2.94. The second-order valence-corrected chi connectivity index (χ2v) is 10.1. The van der Waals surface area contributed by atoms with Crippen molar-refractivity contribution in [1.29, 1.82) is 0 Å². The van der Waals surface area contributed by atoms with Gasteiger partial charge in [-0.2, -0.15) is 0 Å². The van der Waals surface area contributed by atoms with Gasteiger partial charge in [-0.25, -0.2) is 0 Å². The van der Waals surface area contributed by atoms with Gasteiger partial charge in [0, 0.05) is 24.0 Å². The second-order valence-electron chi connectivity index (χ2n) is 7.12. The van der Waals surface area contributed by atoms with Gasteiger partial charge in [0.2, 0.25) is 5.91 Å². The highest BCUT2D eigenvalue weighted by Gasteiger charge is 2.57. The largest absolute Gasteiger partial charge is 0.497 e. The lowest BCUT2D eigenvalue weighted by Gasteiger charge is -2.42. The minimum atomic E-state index is 0.216. The quantitative estimate of drug-likeness (QED) is 0.880. The summed E-state index contributed by atoms with van der Waals surface area (Å²) < 4.78 is 5.64. The van der Waals surface area contributed by atoms with Crippen molar-refractivity contribution in [1.82, 2.24) is 5.32 Å². The fourth-order valence-corrected chi connectivity index (χ4v) is 8.63. The Labute approximate surface area is 152 Å². The lowest BCUT2D eigenvalue weighted by molar-refractivity contribution is -0.126. The SMILES string of the molecule is COc1ccc(CNC(=O)C2C[C@H]3CC[C@@H](C2)C32SCCS2)cc1. The monoisotopic (exact) mass is 363 g/mol. The number of hydrogen-bond donors (Lipinski definition) is 1. The van der Waals surface area contributed by atoms with Crippen molar-refractivity contribution in [2.75, 3.05) is 18.6 Å². The van der Waals surface area contributed by atoms with Gasteiger partial charge in [-0.15, -0.1) is 23.5 Å². The molecule has 3 atom stereocenters. The van der Waals surface area contributed by atoms with Gasteiger partial charge >= 0.3 is 0 Å². The molecule has 3 aliphatic rings. The van der Waals surface area contributed by atoms with Crippen LogP contribution in [0.2, 0.25) is 0 Å². The first kappa shape index (κ1) is 16.6. The van der Waals surface area contributed by atoms with E-state index in [1.807, 2.05) is 24.3 Å². The van der Waals surface area contributed by atoms with Gasteiger partial charge in [-0.3, -0.25) is 4.79 Å². The molecule has 1 aromatic rings. The van der Waals surface area contributed by atoms with Crippen LogP contribution in [0.1, 0.15) is 31.2 Å². The molecule has 3 nitrogen and oxygen atoms in total. The Hall–Kier alpha value is -0.810. The summed E-state index contributed by atoms with van der Waals surface area (Å²) in [5.74, 6) is 5.40. The van der Waals surface area contributed by atoms with Crippen LogP contribution in [-0.4, -0.2) is 28.6 Å². The molecule has 130 valence electrons. The van der Waals surface area contributed by atoms with E-state index in [4.69, 9.17) is 4.74 Å². The Morgan fingerprint density at radius 2 is 1.79 bits per heavy atom. The third-order valence-electron chi connectivity index (χ3n) is 5.87. The fraction of sp³-hybridized carbons (Fsp3) is 0.632. The molecule has 2 bridgehead atoms. The van der Waals surface area contributed by atoms with Crippen LogP contribution in [0.5, 0.6) is 5.75 Å². The van der Waals surface area contributed by atoms with E-state index in [1.54, 1.807) is 7.11 Å². The number of benzene rings is 1. The summed E-state index contributed by atoms with van der Waals surface area (Å²) in [6, 6.07) is 7.93. The molecule has 5 heteroatoms. The zero-order valence-electron chi connectivity index (χ0n) is 14.1. The van der Waals surface area contributed by atoms with E-state index in [2.05, 4.69) is 28.8 Å². The molecule has 24 heavy (non-hydrogen) atoms. The van der Waals surface area contributed by atoms with E-state index >= 15 is 0 Å². The number of ether oxygens (including phenoxy) is 1. The molecule has 1 aliphatic heterocycles.